The lowest BCUT2D eigenvalue weighted by atomic mass is 9.83. The quantitative estimate of drug-likeness (QED) is 0.758. The number of hydrogen-bond acceptors (Lipinski definition) is 2. The summed E-state index contributed by atoms with van der Waals surface area (Å²) in [5, 5.41) is 0. The van der Waals surface area contributed by atoms with Gasteiger partial charge in [0.1, 0.15) is 0 Å². The Balaban J connectivity index is 1.88. The number of aryl methyl sites for hydroxylation is 1. The zero-order chi connectivity index (χ0) is 13.0. The zero-order valence-electron chi connectivity index (χ0n) is 11.3. The molecule has 2 atom stereocenters. The minimum Gasteiger partial charge on any atom is -0.477 e. The van der Waals surface area contributed by atoms with Gasteiger partial charge in [0.15, 0.2) is 0 Å². The second-order valence-corrected chi connectivity index (χ2v) is 5.74. The minimum atomic E-state index is 0.513. The summed E-state index contributed by atoms with van der Waals surface area (Å²) in [5.41, 5.74) is 2.05. The van der Waals surface area contributed by atoms with E-state index < -0.39 is 0 Å². The van der Waals surface area contributed by atoms with Gasteiger partial charge >= 0.3 is 0 Å². The fourth-order valence-corrected chi connectivity index (χ4v) is 2.99. The SMILES string of the molecule is Cc1nc(OCC2CCCC(C)C2)ccc1CCl. The molecule has 100 valence electrons. The molecule has 0 aromatic carbocycles. The third kappa shape index (κ3) is 3.61. The predicted octanol–water partition coefficient (Wildman–Crippen LogP) is 4.33. The van der Waals surface area contributed by atoms with Gasteiger partial charge in [-0.1, -0.05) is 25.8 Å². The van der Waals surface area contributed by atoms with E-state index in [0.29, 0.717) is 11.8 Å². The van der Waals surface area contributed by atoms with Crippen molar-refractivity contribution in [1.29, 1.82) is 0 Å². The molecule has 0 amide bonds. The van der Waals surface area contributed by atoms with E-state index in [9.17, 15) is 0 Å². The first-order chi connectivity index (χ1) is 8.69. The van der Waals surface area contributed by atoms with E-state index in [-0.39, 0.29) is 0 Å². The third-order valence-corrected chi connectivity index (χ3v) is 4.11. The summed E-state index contributed by atoms with van der Waals surface area (Å²) in [6.07, 6.45) is 5.30. The topological polar surface area (TPSA) is 22.1 Å². The standard InChI is InChI=1S/C15H22ClNO/c1-11-4-3-5-13(8-11)10-18-15-7-6-14(9-16)12(2)17-15/h6-7,11,13H,3-5,8-10H2,1-2H3. The first kappa shape index (κ1) is 13.7. The maximum absolute atomic E-state index is 5.82. The first-order valence-electron chi connectivity index (χ1n) is 6.84. The maximum Gasteiger partial charge on any atom is 0.213 e. The summed E-state index contributed by atoms with van der Waals surface area (Å²) in [4.78, 5) is 4.44. The van der Waals surface area contributed by atoms with E-state index in [0.717, 1.165) is 29.7 Å². The largest absolute Gasteiger partial charge is 0.477 e. The van der Waals surface area contributed by atoms with Crippen molar-refractivity contribution in [2.24, 2.45) is 11.8 Å². The molecule has 0 bridgehead atoms. The number of aromatic nitrogens is 1. The maximum atomic E-state index is 5.82. The van der Waals surface area contributed by atoms with E-state index in [2.05, 4.69) is 11.9 Å². The molecular weight excluding hydrogens is 246 g/mol. The van der Waals surface area contributed by atoms with Crippen molar-refractivity contribution in [2.45, 2.75) is 45.4 Å². The van der Waals surface area contributed by atoms with Crippen LogP contribution in [0.3, 0.4) is 0 Å². The summed E-state index contributed by atoms with van der Waals surface area (Å²) >= 11 is 5.82. The van der Waals surface area contributed by atoms with Crippen molar-refractivity contribution in [3.05, 3.63) is 23.4 Å². The highest BCUT2D eigenvalue weighted by Crippen LogP contribution is 2.29. The van der Waals surface area contributed by atoms with Crippen LogP contribution in [0.4, 0.5) is 0 Å². The van der Waals surface area contributed by atoms with Crippen molar-refractivity contribution in [2.75, 3.05) is 6.61 Å². The lowest BCUT2D eigenvalue weighted by Crippen LogP contribution is -2.20. The van der Waals surface area contributed by atoms with Gasteiger partial charge in [-0.25, -0.2) is 4.98 Å². The lowest BCUT2D eigenvalue weighted by Gasteiger charge is -2.26. The van der Waals surface area contributed by atoms with Crippen LogP contribution in [-0.2, 0) is 5.88 Å². The molecule has 2 unspecified atom stereocenters. The molecule has 18 heavy (non-hydrogen) atoms. The van der Waals surface area contributed by atoms with Crippen LogP contribution < -0.4 is 4.74 Å². The molecule has 1 aliphatic carbocycles. The molecule has 0 radical (unpaired) electrons. The molecule has 1 heterocycles. The van der Waals surface area contributed by atoms with Gasteiger partial charge in [0.25, 0.3) is 0 Å². The number of alkyl halides is 1. The highest BCUT2D eigenvalue weighted by molar-refractivity contribution is 6.17. The number of hydrogen-bond donors (Lipinski definition) is 0. The van der Waals surface area contributed by atoms with Crippen LogP contribution in [0.25, 0.3) is 0 Å². The molecule has 1 aliphatic rings. The second-order valence-electron chi connectivity index (χ2n) is 5.48. The summed E-state index contributed by atoms with van der Waals surface area (Å²) < 4.78 is 5.82. The molecule has 2 nitrogen and oxygen atoms in total. The third-order valence-electron chi connectivity index (χ3n) is 3.83. The van der Waals surface area contributed by atoms with E-state index in [1.165, 1.54) is 25.7 Å². The summed E-state index contributed by atoms with van der Waals surface area (Å²) in [5.74, 6) is 2.79. The first-order valence-corrected chi connectivity index (χ1v) is 7.37. The van der Waals surface area contributed by atoms with Crippen LogP contribution in [0.2, 0.25) is 0 Å². The fraction of sp³-hybridized carbons (Fsp3) is 0.667. The van der Waals surface area contributed by atoms with Crippen molar-refractivity contribution >= 4 is 11.6 Å². The van der Waals surface area contributed by atoms with Crippen molar-refractivity contribution in [1.82, 2.24) is 4.98 Å². The van der Waals surface area contributed by atoms with Gasteiger partial charge in [0.2, 0.25) is 5.88 Å². The number of nitrogens with zero attached hydrogens (tertiary/aromatic N) is 1. The molecule has 1 aromatic heterocycles. The van der Waals surface area contributed by atoms with Crippen LogP contribution in [0.5, 0.6) is 5.88 Å². The highest BCUT2D eigenvalue weighted by Gasteiger charge is 2.19. The molecule has 1 fully saturated rings. The van der Waals surface area contributed by atoms with Crippen LogP contribution in [0.1, 0.15) is 43.9 Å². The number of pyridine rings is 1. The van der Waals surface area contributed by atoms with Gasteiger partial charge in [-0.05, 0) is 37.2 Å². The Hall–Kier alpha value is -0.760. The van der Waals surface area contributed by atoms with Gasteiger partial charge in [-0.3, -0.25) is 0 Å². The summed E-state index contributed by atoms with van der Waals surface area (Å²) in [6, 6.07) is 3.94. The normalized spacial score (nSPS) is 23.9. The van der Waals surface area contributed by atoms with Crippen molar-refractivity contribution in [3.8, 4) is 5.88 Å². The van der Waals surface area contributed by atoms with E-state index in [1.807, 2.05) is 19.1 Å². The second kappa shape index (κ2) is 6.42. The molecule has 3 heteroatoms. The van der Waals surface area contributed by atoms with Crippen molar-refractivity contribution in [3.63, 3.8) is 0 Å². The highest BCUT2D eigenvalue weighted by atomic mass is 35.5. The van der Waals surface area contributed by atoms with Crippen LogP contribution in [-0.4, -0.2) is 11.6 Å². The molecule has 2 rings (SSSR count). The Morgan fingerprint density at radius 1 is 1.39 bits per heavy atom. The average Bonchev–Trinajstić information content (AvgIpc) is 2.37. The van der Waals surface area contributed by atoms with Crippen LogP contribution in [0, 0.1) is 18.8 Å². The Morgan fingerprint density at radius 2 is 2.22 bits per heavy atom. The van der Waals surface area contributed by atoms with Crippen LogP contribution in [0.15, 0.2) is 12.1 Å². The molecule has 1 aromatic rings. The Kier molecular flexibility index (Phi) is 4.87. The van der Waals surface area contributed by atoms with Crippen LogP contribution >= 0.6 is 11.6 Å². The molecule has 0 N–H and O–H groups in total. The molecule has 1 saturated carbocycles. The molecule has 0 aliphatic heterocycles. The number of halogens is 1. The average molecular weight is 268 g/mol. The van der Waals surface area contributed by atoms with E-state index in [1.54, 1.807) is 0 Å². The van der Waals surface area contributed by atoms with Gasteiger partial charge in [-0.2, -0.15) is 0 Å². The smallest absolute Gasteiger partial charge is 0.213 e. The van der Waals surface area contributed by atoms with Gasteiger partial charge < -0.3 is 4.74 Å². The number of rotatable bonds is 4. The number of ether oxygens (including phenoxy) is 1. The molecule has 0 spiro atoms. The van der Waals surface area contributed by atoms with Crippen molar-refractivity contribution < 1.29 is 4.74 Å². The van der Waals surface area contributed by atoms with E-state index in [4.69, 9.17) is 16.3 Å². The van der Waals surface area contributed by atoms with Gasteiger partial charge in [0.05, 0.1) is 6.61 Å². The van der Waals surface area contributed by atoms with Gasteiger partial charge in [-0.15, -0.1) is 11.6 Å². The minimum absolute atomic E-state index is 0.513. The molecule has 0 saturated heterocycles. The Labute approximate surface area is 115 Å². The zero-order valence-corrected chi connectivity index (χ0v) is 12.0. The lowest BCUT2D eigenvalue weighted by molar-refractivity contribution is 0.177. The summed E-state index contributed by atoms with van der Waals surface area (Å²) in [6.45, 7) is 5.12. The monoisotopic (exact) mass is 267 g/mol. The Morgan fingerprint density at radius 3 is 2.89 bits per heavy atom. The van der Waals surface area contributed by atoms with E-state index >= 15 is 0 Å². The van der Waals surface area contributed by atoms with Gasteiger partial charge in [0, 0.05) is 17.6 Å². The Bertz CT molecular complexity index is 394. The fourth-order valence-electron chi connectivity index (χ4n) is 2.70. The summed E-state index contributed by atoms with van der Waals surface area (Å²) in [7, 11) is 0. The predicted molar refractivity (Wildman–Crippen MR) is 75.1 cm³/mol. The molecular formula is C15H22ClNO.